The summed E-state index contributed by atoms with van der Waals surface area (Å²) in [6.07, 6.45) is 0.441. The van der Waals surface area contributed by atoms with Crippen LogP contribution in [0.4, 0.5) is 10.1 Å². The summed E-state index contributed by atoms with van der Waals surface area (Å²) >= 11 is 0. The molecule has 0 aromatic heterocycles. The van der Waals surface area contributed by atoms with Crippen molar-refractivity contribution in [1.29, 1.82) is 0 Å². The van der Waals surface area contributed by atoms with Crippen LogP contribution in [-0.4, -0.2) is 56.6 Å². The summed E-state index contributed by atoms with van der Waals surface area (Å²) in [7, 11) is 6.93. The summed E-state index contributed by atoms with van der Waals surface area (Å²) in [5, 5.41) is 11.1. The molecule has 1 N–H and O–H groups in total. The van der Waals surface area contributed by atoms with E-state index in [1.165, 1.54) is 29.2 Å². The standard InChI is InChI=1S/C29H29FN2O5/c1-31(2)22-12-8-19(9-13-22)26-25(27(33)20-6-10-21(30)11-7-20)28(34)29(35)32(26)16-15-18-5-14-23(36-3)24(17-18)37-4/h5-14,17,26,33H,15-16H2,1-4H3/b27-25-. The van der Waals surface area contributed by atoms with Gasteiger partial charge in [0.15, 0.2) is 11.5 Å². The van der Waals surface area contributed by atoms with Crippen LogP contribution in [0.25, 0.3) is 5.76 Å². The lowest BCUT2D eigenvalue weighted by Crippen LogP contribution is -2.31. The van der Waals surface area contributed by atoms with Crippen LogP contribution in [0.1, 0.15) is 22.7 Å². The Morgan fingerprint density at radius 1 is 0.946 bits per heavy atom. The van der Waals surface area contributed by atoms with Crippen molar-refractivity contribution in [2.75, 3.05) is 39.8 Å². The van der Waals surface area contributed by atoms with E-state index in [2.05, 4.69) is 0 Å². The third-order valence-corrected chi connectivity index (χ3v) is 6.47. The zero-order valence-electron chi connectivity index (χ0n) is 21.2. The van der Waals surface area contributed by atoms with Crippen molar-refractivity contribution in [2.45, 2.75) is 12.5 Å². The van der Waals surface area contributed by atoms with Crippen molar-refractivity contribution in [2.24, 2.45) is 0 Å². The fourth-order valence-electron chi connectivity index (χ4n) is 4.46. The zero-order chi connectivity index (χ0) is 26.7. The molecule has 4 rings (SSSR count). The number of likely N-dealkylation sites (tertiary alicyclic amines) is 1. The van der Waals surface area contributed by atoms with Gasteiger partial charge in [-0.15, -0.1) is 0 Å². The molecule has 1 amide bonds. The molecule has 0 radical (unpaired) electrons. The number of carbonyl (C=O) groups excluding carboxylic acids is 2. The summed E-state index contributed by atoms with van der Waals surface area (Å²) in [6.45, 7) is 0.223. The predicted octanol–water partition coefficient (Wildman–Crippen LogP) is 4.57. The topological polar surface area (TPSA) is 79.3 Å². The minimum absolute atomic E-state index is 0.0264. The Bertz CT molecular complexity index is 1330. The highest BCUT2D eigenvalue weighted by Gasteiger charge is 2.45. The molecule has 1 aliphatic rings. The number of hydrogen-bond donors (Lipinski definition) is 1. The molecule has 192 valence electrons. The maximum absolute atomic E-state index is 13.5. The van der Waals surface area contributed by atoms with E-state index in [9.17, 15) is 19.1 Å². The van der Waals surface area contributed by atoms with Gasteiger partial charge in [-0.3, -0.25) is 9.59 Å². The number of methoxy groups -OCH3 is 2. The van der Waals surface area contributed by atoms with Crippen LogP contribution in [0, 0.1) is 5.82 Å². The van der Waals surface area contributed by atoms with Crippen LogP contribution in [0.5, 0.6) is 11.5 Å². The van der Waals surface area contributed by atoms with E-state index in [0.29, 0.717) is 23.5 Å². The van der Waals surface area contributed by atoms with Crippen LogP contribution in [0.15, 0.2) is 72.3 Å². The Morgan fingerprint density at radius 3 is 2.19 bits per heavy atom. The normalized spacial score (nSPS) is 16.7. The van der Waals surface area contributed by atoms with E-state index in [-0.39, 0.29) is 23.4 Å². The smallest absolute Gasteiger partial charge is 0.295 e. The minimum atomic E-state index is -0.804. The quantitative estimate of drug-likeness (QED) is 0.275. The SMILES string of the molecule is COc1ccc(CCN2C(=O)C(=O)/C(=C(\O)c3ccc(F)cc3)C2c2ccc(N(C)C)cc2)cc1OC. The molecule has 1 aliphatic heterocycles. The van der Waals surface area contributed by atoms with Crippen molar-refractivity contribution in [3.63, 3.8) is 0 Å². The highest BCUT2D eigenvalue weighted by atomic mass is 19.1. The number of amides is 1. The average molecular weight is 505 g/mol. The second-order valence-electron chi connectivity index (χ2n) is 8.92. The molecule has 0 saturated carbocycles. The third kappa shape index (κ3) is 5.14. The highest BCUT2D eigenvalue weighted by molar-refractivity contribution is 6.46. The molecule has 1 atom stereocenters. The van der Waals surface area contributed by atoms with Crippen molar-refractivity contribution >= 4 is 23.1 Å². The van der Waals surface area contributed by atoms with Crippen LogP contribution in [-0.2, 0) is 16.0 Å². The Kier molecular flexibility index (Phi) is 7.47. The largest absolute Gasteiger partial charge is 0.507 e. The fourth-order valence-corrected chi connectivity index (χ4v) is 4.46. The number of aliphatic hydroxyl groups is 1. The molecule has 0 aliphatic carbocycles. The van der Waals surface area contributed by atoms with Gasteiger partial charge in [-0.25, -0.2) is 4.39 Å². The van der Waals surface area contributed by atoms with E-state index in [4.69, 9.17) is 9.47 Å². The number of anilines is 1. The van der Waals surface area contributed by atoms with Gasteiger partial charge in [-0.05, 0) is 66.1 Å². The lowest BCUT2D eigenvalue weighted by molar-refractivity contribution is -0.139. The van der Waals surface area contributed by atoms with Gasteiger partial charge < -0.3 is 24.4 Å². The number of halogens is 1. The van der Waals surface area contributed by atoms with Crippen molar-refractivity contribution in [3.8, 4) is 11.5 Å². The Hall–Kier alpha value is -4.33. The number of ether oxygens (including phenoxy) is 2. The van der Waals surface area contributed by atoms with E-state index >= 15 is 0 Å². The molecule has 0 bridgehead atoms. The molecule has 3 aromatic carbocycles. The first-order valence-electron chi connectivity index (χ1n) is 11.8. The number of nitrogens with zero attached hydrogens (tertiary/aromatic N) is 2. The van der Waals surface area contributed by atoms with Gasteiger partial charge in [-0.2, -0.15) is 0 Å². The van der Waals surface area contributed by atoms with Crippen molar-refractivity contribution < 1.29 is 28.6 Å². The summed E-state index contributed by atoms with van der Waals surface area (Å²) < 4.78 is 24.2. The maximum atomic E-state index is 13.5. The monoisotopic (exact) mass is 504 g/mol. The Balaban J connectivity index is 1.75. The van der Waals surface area contributed by atoms with Crippen LogP contribution < -0.4 is 14.4 Å². The molecule has 37 heavy (non-hydrogen) atoms. The van der Waals surface area contributed by atoms with Gasteiger partial charge in [0.1, 0.15) is 11.6 Å². The van der Waals surface area contributed by atoms with Gasteiger partial charge in [0, 0.05) is 31.9 Å². The molecule has 1 fully saturated rings. The van der Waals surface area contributed by atoms with Crippen LogP contribution in [0.3, 0.4) is 0 Å². The first kappa shape index (κ1) is 25.8. The van der Waals surface area contributed by atoms with Gasteiger partial charge in [-0.1, -0.05) is 18.2 Å². The molecular formula is C29H29FN2O5. The molecular weight excluding hydrogens is 475 g/mol. The van der Waals surface area contributed by atoms with Crippen molar-refractivity contribution in [1.82, 2.24) is 4.90 Å². The number of carbonyl (C=O) groups is 2. The third-order valence-electron chi connectivity index (χ3n) is 6.47. The van der Waals surface area contributed by atoms with E-state index in [1.807, 2.05) is 55.4 Å². The number of benzene rings is 3. The second kappa shape index (κ2) is 10.7. The number of hydrogen-bond acceptors (Lipinski definition) is 6. The number of aliphatic hydroxyl groups excluding tert-OH is 1. The minimum Gasteiger partial charge on any atom is -0.507 e. The summed E-state index contributed by atoms with van der Waals surface area (Å²) in [5.74, 6) is -1.14. The van der Waals surface area contributed by atoms with E-state index in [0.717, 1.165) is 11.3 Å². The number of Topliss-reactive ketones (excluding diaryl/α,β-unsaturated/α-hetero) is 1. The van der Waals surface area contributed by atoms with E-state index in [1.54, 1.807) is 20.3 Å². The summed E-state index contributed by atoms with van der Waals surface area (Å²) in [5.41, 5.74) is 2.75. The molecule has 7 nitrogen and oxygen atoms in total. The molecule has 1 unspecified atom stereocenters. The lowest BCUT2D eigenvalue weighted by Gasteiger charge is -2.26. The van der Waals surface area contributed by atoms with Gasteiger partial charge in [0.2, 0.25) is 0 Å². The molecule has 8 heteroatoms. The number of ketones is 1. The summed E-state index contributed by atoms with van der Waals surface area (Å²) in [6, 6.07) is 17.3. The Morgan fingerprint density at radius 2 is 1.59 bits per heavy atom. The molecule has 1 heterocycles. The van der Waals surface area contributed by atoms with Crippen LogP contribution >= 0.6 is 0 Å². The molecule has 1 saturated heterocycles. The lowest BCUT2D eigenvalue weighted by atomic mass is 9.95. The molecule has 3 aromatic rings. The molecule has 0 spiro atoms. The van der Waals surface area contributed by atoms with Gasteiger partial charge in [0.25, 0.3) is 11.7 Å². The highest BCUT2D eigenvalue weighted by Crippen LogP contribution is 2.40. The zero-order valence-corrected chi connectivity index (χ0v) is 21.2. The average Bonchev–Trinajstić information content (AvgIpc) is 3.16. The van der Waals surface area contributed by atoms with Crippen molar-refractivity contribution in [3.05, 3.63) is 94.8 Å². The predicted molar refractivity (Wildman–Crippen MR) is 139 cm³/mol. The fraction of sp³-hybridized carbons (Fsp3) is 0.241. The Labute approximate surface area is 215 Å². The van der Waals surface area contributed by atoms with Gasteiger partial charge >= 0.3 is 0 Å². The maximum Gasteiger partial charge on any atom is 0.295 e. The van der Waals surface area contributed by atoms with E-state index < -0.39 is 23.5 Å². The van der Waals surface area contributed by atoms with Gasteiger partial charge in [0.05, 0.1) is 25.8 Å². The second-order valence-corrected chi connectivity index (χ2v) is 8.92. The first-order chi connectivity index (χ1) is 17.7. The number of rotatable bonds is 8. The van der Waals surface area contributed by atoms with Crippen LogP contribution in [0.2, 0.25) is 0 Å². The summed E-state index contributed by atoms with van der Waals surface area (Å²) in [4.78, 5) is 29.9. The first-order valence-corrected chi connectivity index (χ1v) is 11.8.